The number of rotatable bonds is 4. The van der Waals surface area contributed by atoms with E-state index in [1.165, 1.54) is 32.4 Å². The van der Waals surface area contributed by atoms with Crippen molar-refractivity contribution < 1.29 is 0 Å². The Bertz CT molecular complexity index is 598. The van der Waals surface area contributed by atoms with Crippen molar-refractivity contribution in [2.45, 2.75) is 25.8 Å². The molecular weight excluding hydrogens is 270 g/mol. The van der Waals surface area contributed by atoms with Gasteiger partial charge in [-0.05, 0) is 50.3 Å². The molecule has 0 spiro atoms. The Morgan fingerprint density at radius 2 is 2.00 bits per heavy atom. The minimum atomic E-state index is 0.669. The van der Waals surface area contributed by atoms with E-state index in [1.807, 2.05) is 22.8 Å². The van der Waals surface area contributed by atoms with E-state index in [0.29, 0.717) is 4.77 Å². The minimum Gasteiger partial charge on any atom is -0.302 e. The Labute approximate surface area is 123 Å². The van der Waals surface area contributed by atoms with Crippen molar-refractivity contribution in [3.8, 4) is 11.5 Å². The van der Waals surface area contributed by atoms with Crippen molar-refractivity contribution >= 4 is 12.2 Å². The van der Waals surface area contributed by atoms with Gasteiger partial charge in [0.2, 0.25) is 0 Å². The number of piperidine rings is 1. The Hall–Kier alpha value is -1.53. The Morgan fingerprint density at radius 3 is 2.75 bits per heavy atom. The van der Waals surface area contributed by atoms with Crippen LogP contribution in [0.1, 0.15) is 19.3 Å². The van der Waals surface area contributed by atoms with Gasteiger partial charge in [0.15, 0.2) is 10.6 Å². The topological polar surface area (TPSA) is 49.7 Å². The van der Waals surface area contributed by atoms with E-state index in [4.69, 9.17) is 12.2 Å². The maximum atomic E-state index is 5.34. The normalized spacial score (nSPS) is 16.4. The van der Waals surface area contributed by atoms with Crippen molar-refractivity contribution in [1.82, 2.24) is 24.6 Å². The molecule has 6 heteroatoms. The van der Waals surface area contributed by atoms with E-state index >= 15 is 0 Å². The smallest absolute Gasteiger partial charge is 0.195 e. The summed E-state index contributed by atoms with van der Waals surface area (Å²) in [6.45, 7) is 4.28. The van der Waals surface area contributed by atoms with Crippen LogP contribution in [0.5, 0.6) is 0 Å². The largest absolute Gasteiger partial charge is 0.302 e. The highest BCUT2D eigenvalue weighted by Crippen LogP contribution is 2.15. The molecule has 0 unspecified atom stereocenters. The first kappa shape index (κ1) is 13.5. The SMILES string of the molecule is S=c1[nH]nc(-c2ccccn2)n1CCN1CCCCC1. The molecule has 1 aliphatic rings. The summed E-state index contributed by atoms with van der Waals surface area (Å²) < 4.78 is 2.72. The number of pyridine rings is 1. The first-order valence-electron chi connectivity index (χ1n) is 7.13. The second kappa shape index (κ2) is 6.28. The van der Waals surface area contributed by atoms with Crippen LogP contribution in [0.3, 0.4) is 0 Å². The lowest BCUT2D eigenvalue weighted by molar-refractivity contribution is 0.221. The zero-order chi connectivity index (χ0) is 13.8. The van der Waals surface area contributed by atoms with Crippen molar-refractivity contribution in [2.75, 3.05) is 19.6 Å². The molecule has 5 nitrogen and oxygen atoms in total. The molecule has 0 bridgehead atoms. The number of likely N-dealkylation sites (tertiary alicyclic amines) is 1. The Kier molecular flexibility index (Phi) is 4.22. The van der Waals surface area contributed by atoms with Crippen LogP contribution >= 0.6 is 12.2 Å². The van der Waals surface area contributed by atoms with Crippen LogP contribution in [-0.4, -0.2) is 44.3 Å². The van der Waals surface area contributed by atoms with Gasteiger partial charge in [0, 0.05) is 19.3 Å². The minimum absolute atomic E-state index is 0.669. The number of aromatic amines is 1. The number of hydrogen-bond acceptors (Lipinski definition) is 4. The molecule has 1 fully saturated rings. The average Bonchev–Trinajstić information content (AvgIpc) is 2.88. The number of nitrogens with one attached hydrogen (secondary N) is 1. The van der Waals surface area contributed by atoms with Gasteiger partial charge in [-0.2, -0.15) is 5.10 Å². The fourth-order valence-electron chi connectivity index (χ4n) is 2.64. The van der Waals surface area contributed by atoms with Crippen LogP contribution in [0.4, 0.5) is 0 Å². The summed E-state index contributed by atoms with van der Waals surface area (Å²) in [5.74, 6) is 0.826. The van der Waals surface area contributed by atoms with Crippen molar-refractivity contribution in [2.24, 2.45) is 0 Å². The Morgan fingerprint density at radius 1 is 1.15 bits per heavy atom. The number of nitrogens with zero attached hydrogens (tertiary/aromatic N) is 4. The molecular formula is C14H19N5S. The molecule has 0 amide bonds. The molecule has 2 aromatic heterocycles. The zero-order valence-corrected chi connectivity index (χ0v) is 12.3. The standard InChI is InChI=1S/C14H19N5S/c20-14-17-16-13(12-6-2-3-7-15-12)19(14)11-10-18-8-4-1-5-9-18/h2-3,6-7H,1,4-5,8-11H2,(H,17,20). The lowest BCUT2D eigenvalue weighted by Gasteiger charge is -2.26. The van der Waals surface area contributed by atoms with Crippen LogP contribution in [-0.2, 0) is 6.54 Å². The van der Waals surface area contributed by atoms with E-state index in [0.717, 1.165) is 24.6 Å². The van der Waals surface area contributed by atoms with E-state index in [1.54, 1.807) is 6.20 Å². The highest BCUT2D eigenvalue weighted by Gasteiger charge is 2.13. The summed E-state index contributed by atoms with van der Waals surface area (Å²) in [5.41, 5.74) is 0.860. The van der Waals surface area contributed by atoms with Gasteiger partial charge < -0.3 is 4.90 Å². The third-order valence-corrected chi connectivity index (χ3v) is 4.05. The highest BCUT2D eigenvalue weighted by atomic mass is 32.1. The molecule has 1 N–H and O–H groups in total. The number of H-pyrrole nitrogens is 1. The average molecular weight is 289 g/mol. The van der Waals surface area contributed by atoms with Gasteiger partial charge in [-0.15, -0.1) is 0 Å². The maximum Gasteiger partial charge on any atom is 0.195 e. The molecule has 2 aromatic rings. The van der Waals surface area contributed by atoms with E-state index in [2.05, 4.69) is 20.1 Å². The van der Waals surface area contributed by atoms with Crippen LogP contribution in [0.2, 0.25) is 0 Å². The molecule has 0 radical (unpaired) electrons. The number of hydrogen-bond donors (Lipinski definition) is 1. The van der Waals surface area contributed by atoms with Gasteiger partial charge in [-0.1, -0.05) is 12.5 Å². The van der Waals surface area contributed by atoms with Crippen molar-refractivity contribution in [1.29, 1.82) is 0 Å². The quantitative estimate of drug-likeness (QED) is 0.879. The molecule has 3 heterocycles. The second-order valence-electron chi connectivity index (χ2n) is 5.12. The second-order valence-corrected chi connectivity index (χ2v) is 5.51. The molecule has 0 aromatic carbocycles. The molecule has 0 atom stereocenters. The van der Waals surface area contributed by atoms with Gasteiger partial charge in [0.05, 0.1) is 0 Å². The van der Waals surface area contributed by atoms with Crippen molar-refractivity contribution in [3.63, 3.8) is 0 Å². The molecule has 1 saturated heterocycles. The van der Waals surface area contributed by atoms with E-state index in [9.17, 15) is 0 Å². The summed E-state index contributed by atoms with van der Waals surface area (Å²) in [5, 5.41) is 7.20. The molecule has 1 aliphatic heterocycles. The highest BCUT2D eigenvalue weighted by molar-refractivity contribution is 7.71. The molecule has 3 rings (SSSR count). The lowest BCUT2D eigenvalue weighted by Crippen LogP contribution is -2.32. The lowest BCUT2D eigenvalue weighted by atomic mass is 10.1. The van der Waals surface area contributed by atoms with Gasteiger partial charge in [0.25, 0.3) is 0 Å². The van der Waals surface area contributed by atoms with E-state index < -0.39 is 0 Å². The Balaban J connectivity index is 1.76. The number of aromatic nitrogens is 4. The van der Waals surface area contributed by atoms with Gasteiger partial charge in [-0.25, -0.2) is 0 Å². The zero-order valence-electron chi connectivity index (χ0n) is 11.5. The predicted molar refractivity (Wildman–Crippen MR) is 80.9 cm³/mol. The first-order valence-corrected chi connectivity index (χ1v) is 7.54. The summed E-state index contributed by atoms with van der Waals surface area (Å²) in [7, 11) is 0. The van der Waals surface area contributed by atoms with Gasteiger partial charge >= 0.3 is 0 Å². The third kappa shape index (κ3) is 2.96. The summed E-state index contributed by atoms with van der Waals surface area (Å²) in [6, 6.07) is 5.83. The monoisotopic (exact) mass is 289 g/mol. The summed E-state index contributed by atoms with van der Waals surface area (Å²) in [6.07, 6.45) is 5.76. The van der Waals surface area contributed by atoms with E-state index in [-0.39, 0.29) is 0 Å². The fraction of sp³-hybridized carbons (Fsp3) is 0.500. The van der Waals surface area contributed by atoms with Crippen LogP contribution < -0.4 is 0 Å². The van der Waals surface area contributed by atoms with Crippen LogP contribution in [0.25, 0.3) is 11.5 Å². The van der Waals surface area contributed by atoms with Crippen LogP contribution in [0.15, 0.2) is 24.4 Å². The van der Waals surface area contributed by atoms with Gasteiger partial charge in [0.1, 0.15) is 5.69 Å². The van der Waals surface area contributed by atoms with Gasteiger partial charge in [-0.3, -0.25) is 14.6 Å². The fourth-order valence-corrected chi connectivity index (χ4v) is 2.86. The molecule has 20 heavy (non-hydrogen) atoms. The van der Waals surface area contributed by atoms with Crippen LogP contribution in [0, 0.1) is 4.77 Å². The summed E-state index contributed by atoms with van der Waals surface area (Å²) in [4.78, 5) is 6.85. The molecule has 0 aliphatic carbocycles. The first-order chi connectivity index (χ1) is 9.84. The molecule has 0 saturated carbocycles. The maximum absolute atomic E-state index is 5.34. The molecule has 106 valence electrons. The van der Waals surface area contributed by atoms with Crippen molar-refractivity contribution in [3.05, 3.63) is 29.2 Å². The summed E-state index contributed by atoms with van der Waals surface area (Å²) >= 11 is 5.34. The third-order valence-electron chi connectivity index (χ3n) is 3.74. The predicted octanol–water partition coefficient (Wildman–Crippen LogP) is 2.49.